The van der Waals surface area contributed by atoms with Crippen LogP contribution in [0.3, 0.4) is 0 Å². The van der Waals surface area contributed by atoms with E-state index in [2.05, 4.69) is 24.2 Å². The third kappa shape index (κ3) is 2.11. The van der Waals surface area contributed by atoms with Crippen molar-refractivity contribution < 1.29 is 9.90 Å². The van der Waals surface area contributed by atoms with E-state index in [1.165, 1.54) is 10.2 Å². The molecule has 5 nitrogen and oxygen atoms in total. The fourth-order valence-electron chi connectivity index (χ4n) is 1.78. The van der Waals surface area contributed by atoms with Crippen molar-refractivity contribution >= 4 is 5.97 Å². The zero-order chi connectivity index (χ0) is 13.3. The molecule has 94 valence electrons. The molecule has 0 amide bonds. The Hall–Kier alpha value is -2.17. The van der Waals surface area contributed by atoms with Gasteiger partial charge in [-0.3, -0.25) is 0 Å². The summed E-state index contributed by atoms with van der Waals surface area (Å²) in [5.74, 6) is -0.582. The number of aryl methyl sites for hydroxylation is 1. The lowest BCUT2D eigenvalue weighted by molar-refractivity contribution is 0.0686. The van der Waals surface area contributed by atoms with Gasteiger partial charge in [0.2, 0.25) is 0 Å². The molecular weight excluding hydrogens is 230 g/mol. The molecule has 1 aromatic heterocycles. The van der Waals surface area contributed by atoms with Crippen molar-refractivity contribution in [3.63, 3.8) is 0 Å². The van der Waals surface area contributed by atoms with Crippen LogP contribution in [0.25, 0.3) is 5.69 Å². The number of nitrogens with zero attached hydrogens (tertiary/aromatic N) is 3. The number of rotatable bonds is 3. The highest BCUT2D eigenvalue weighted by Gasteiger charge is 2.17. The van der Waals surface area contributed by atoms with Gasteiger partial charge in [-0.15, -0.1) is 5.10 Å². The lowest BCUT2D eigenvalue weighted by Gasteiger charge is -2.07. The third-order valence-corrected chi connectivity index (χ3v) is 2.85. The molecule has 0 saturated carbocycles. The first-order valence-corrected chi connectivity index (χ1v) is 5.76. The lowest BCUT2D eigenvalue weighted by atomic mass is 10.0. The standard InChI is InChI=1S/C13H15N3O2/c1-8(2)10-4-6-11(7-5-10)16-12(13(17)18)9(3)14-15-16/h4-8H,1-3H3,(H,17,18). The van der Waals surface area contributed by atoms with Crippen LogP contribution in [0.15, 0.2) is 24.3 Å². The van der Waals surface area contributed by atoms with Crippen molar-refractivity contribution in [3.8, 4) is 5.69 Å². The first kappa shape index (κ1) is 12.3. The van der Waals surface area contributed by atoms with Crippen molar-refractivity contribution in [2.45, 2.75) is 26.7 Å². The monoisotopic (exact) mass is 245 g/mol. The highest BCUT2D eigenvalue weighted by atomic mass is 16.4. The first-order chi connectivity index (χ1) is 8.50. The van der Waals surface area contributed by atoms with E-state index in [0.29, 0.717) is 17.3 Å². The van der Waals surface area contributed by atoms with Crippen LogP contribution in [-0.2, 0) is 0 Å². The highest BCUT2D eigenvalue weighted by Crippen LogP contribution is 2.18. The average molecular weight is 245 g/mol. The molecule has 0 saturated heterocycles. The van der Waals surface area contributed by atoms with Crippen LogP contribution < -0.4 is 0 Å². The van der Waals surface area contributed by atoms with Crippen LogP contribution in [0.4, 0.5) is 0 Å². The summed E-state index contributed by atoms with van der Waals surface area (Å²) in [5, 5.41) is 16.8. The molecule has 0 unspecified atom stereocenters. The fraction of sp³-hybridized carbons (Fsp3) is 0.308. The van der Waals surface area contributed by atoms with Crippen molar-refractivity contribution in [2.24, 2.45) is 0 Å². The molecule has 2 aromatic rings. The SMILES string of the molecule is Cc1nnn(-c2ccc(C(C)C)cc2)c1C(=O)O. The van der Waals surface area contributed by atoms with Gasteiger partial charge in [0.05, 0.1) is 11.4 Å². The smallest absolute Gasteiger partial charge is 0.356 e. The van der Waals surface area contributed by atoms with Gasteiger partial charge in [-0.05, 0) is 30.5 Å². The van der Waals surface area contributed by atoms with Crippen LogP contribution in [-0.4, -0.2) is 26.1 Å². The molecule has 0 atom stereocenters. The Labute approximate surface area is 105 Å². The van der Waals surface area contributed by atoms with Gasteiger partial charge in [-0.25, -0.2) is 9.48 Å². The summed E-state index contributed by atoms with van der Waals surface area (Å²) in [6, 6.07) is 7.66. The van der Waals surface area contributed by atoms with Gasteiger partial charge in [-0.2, -0.15) is 0 Å². The molecular formula is C13H15N3O2. The van der Waals surface area contributed by atoms with E-state index in [9.17, 15) is 4.79 Å². The molecule has 2 rings (SSSR count). The average Bonchev–Trinajstić information content (AvgIpc) is 2.71. The molecule has 0 bridgehead atoms. The normalized spacial score (nSPS) is 10.9. The van der Waals surface area contributed by atoms with E-state index in [1.54, 1.807) is 6.92 Å². The Morgan fingerprint density at radius 3 is 2.39 bits per heavy atom. The van der Waals surface area contributed by atoms with Crippen LogP contribution in [0.2, 0.25) is 0 Å². The fourth-order valence-corrected chi connectivity index (χ4v) is 1.78. The Bertz CT molecular complexity index is 570. The van der Waals surface area contributed by atoms with Gasteiger partial charge in [0.15, 0.2) is 5.69 Å². The third-order valence-electron chi connectivity index (χ3n) is 2.85. The van der Waals surface area contributed by atoms with Crippen LogP contribution in [0, 0.1) is 6.92 Å². The number of hydrogen-bond donors (Lipinski definition) is 1. The van der Waals surface area contributed by atoms with Crippen LogP contribution in [0.1, 0.15) is 41.5 Å². The van der Waals surface area contributed by atoms with E-state index in [-0.39, 0.29) is 5.69 Å². The minimum Gasteiger partial charge on any atom is -0.476 e. The number of benzene rings is 1. The Morgan fingerprint density at radius 2 is 1.89 bits per heavy atom. The number of carbonyl (C=O) groups is 1. The van der Waals surface area contributed by atoms with Crippen molar-refractivity contribution in [1.29, 1.82) is 0 Å². The van der Waals surface area contributed by atoms with Crippen molar-refractivity contribution in [3.05, 3.63) is 41.2 Å². The summed E-state index contributed by atoms with van der Waals surface area (Å²) >= 11 is 0. The topological polar surface area (TPSA) is 68.0 Å². The molecule has 0 spiro atoms. The summed E-state index contributed by atoms with van der Waals surface area (Å²) in [6.45, 7) is 5.85. The van der Waals surface area contributed by atoms with Gasteiger partial charge in [0, 0.05) is 0 Å². The number of aromatic nitrogens is 3. The second-order valence-corrected chi connectivity index (χ2v) is 4.49. The minimum atomic E-state index is -1.02. The number of carboxylic acid groups (broad SMARTS) is 1. The highest BCUT2D eigenvalue weighted by molar-refractivity contribution is 5.87. The van der Waals surface area contributed by atoms with Gasteiger partial charge in [0.25, 0.3) is 0 Å². The summed E-state index contributed by atoms with van der Waals surface area (Å²) < 4.78 is 1.35. The molecule has 0 aliphatic rings. The Balaban J connectivity index is 2.46. The van der Waals surface area contributed by atoms with Gasteiger partial charge < -0.3 is 5.11 Å². The quantitative estimate of drug-likeness (QED) is 0.901. The molecule has 18 heavy (non-hydrogen) atoms. The molecule has 0 fully saturated rings. The predicted molar refractivity (Wildman–Crippen MR) is 67.1 cm³/mol. The summed E-state index contributed by atoms with van der Waals surface area (Å²) in [7, 11) is 0. The zero-order valence-corrected chi connectivity index (χ0v) is 10.6. The predicted octanol–water partition coefficient (Wildman–Crippen LogP) is 2.40. The molecule has 5 heteroatoms. The van der Waals surface area contributed by atoms with Crippen LogP contribution in [0.5, 0.6) is 0 Å². The van der Waals surface area contributed by atoms with E-state index < -0.39 is 5.97 Å². The maximum atomic E-state index is 11.2. The van der Waals surface area contributed by atoms with E-state index in [0.717, 1.165) is 0 Å². The molecule has 1 aromatic carbocycles. The van der Waals surface area contributed by atoms with Gasteiger partial charge in [0.1, 0.15) is 0 Å². The zero-order valence-electron chi connectivity index (χ0n) is 10.6. The van der Waals surface area contributed by atoms with Crippen LogP contribution >= 0.6 is 0 Å². The molecule has 0 radical (unpaired) electrons. The second-order valence-electron chi connectivity index (χ2n) is 4.49. The van der Waals surface area contributed by atoms with Gasteiger partial charge in [-0.1, -0.05) is 31.2 Å². The minimum absolute atomic E-state index is 0.104. The van der Waals surface area contributed by atoms with Crippen molar-refractivity contribution in [1.82, 2.24) is 15.0 Å². The number of aromatic carboxylic acids is 1. The van der Waals surface area contributed by atoms with E-state index in [4.69, 9.17) is 5.11 Å². The summed E-state index contributed by atoms with van der Waals surface area (Å²) in [4.78, 5) is 11.2. The largest absolute Gasteiger partial charge is 0.476 e. The van der Waals surface area contributed by atoms with E-state index >= 15 is 0 Å². The molecule has 1 N–H and O–H groups in total. The lowest BCUT2D eigenvalue weighted by Crippen LogP contribution is -2.09. The summed E-state index contributed by atoms with van der Waals surface area (Å²) in [5.41, 5.74) is 2.42. The molecule has 0 aliphatic carbocycles. The Kier molecular flexibility index (Phi) is 3.14. The number of hydrogen-bond acceptors (Lipinski definition) is 3. The summed E-state index contributed by atoms with van der Waals surface area (Å²) in [6.07, 6.45) is 0. The molecule has 1 heterocycles. The van der Waals surface area contributed by atoms with Gasteiger partial charge >= 0.3 is 5.97 Å². The maximum Gasteiger partial charge on any atom is 0.356 e. The van der Waals surface area contributed by atoms with E-state index in [1.807, 2.05) is 24.3 Å². The second kappa shape index (κ2) is 4.60. The Morgan fingerprint density at radius 1 is 1.28 bits per heavy atom. The van der Waals surface area contributed by atoms with Crippen molar-refractivity contribution in [2.75, 3.05) is 0 Å². The first-order valence-electron chi connectivity index (χ1n) is 5.76. The molecule has 0 aliphatic heterocycles. The maximum absolute atomic E-state index is 11.2. The number of carboxylic acids is 1.